The minimum atomic E-state index is 0.675. The monoisotopic (exact) mass is 219 g/mol. The van der Waals surface area contributed by atoms with Crippen molar-refractivity contribution in [1.29, 1.82) is 0 Å². The normalized spacial score (nSPS) is 20.8. The minimum absolute atomic E-state index is 0.675. The second-order valence-electron chi connectivity index (χ2n) is 4.79. The van der Waals surface area contributed by atoms with Gasteiger partial charge in [0.1, 0.15) is 5.75 Å². The van der Waals surface area contributed by atoms with Crippen molar-refractivity contribution in [2.75, 3.05) is 19.7 Å². The van der Waals surface area contributed by atoms with Crippen molar-refractivity contribution in [3.8, 4) is 5.75 Å². The molecule has 2 nitrogen and oxygen atoms in total. The molecule has 1 atom stereocenters. The van der Waals surface area contributed by atoms with E-state index in [0.29, 0.717) is 5.92 Å². The molecule has 0 spiro atoms. The molecular formula is C14H21NO. The highest BCUT2D eigenvalue weighted by molar-refractivity contribution is 5.35. The number of aryl methyl sites for hydroxylation is 2. The summed E-state index contributed by atoms with van der Waals surface area (Å²) in [5.74, 6) is 1.72. The molecule has 0 bridgehead atoms. The van der Waals surface area contributed by atoms with Crippen LogP contribution in [0.15, 0.2) is 18.2 Å². The summed E-state index contributed by atoms with van der Waals surface area (Å²) >= 11 is 0. The zero-order valence-corrected chi connectivity index (χ0v) is 10.3. The van der Waals surface area contributed by atoms with Crippen molar-refractivity contribution in [2.45, 2.75) is 26.7 Å². The SMILES string of the molecule is Cc1ccc(C)c(OCC2CCCNC2)c1. The number of ether oxygens (including phenoxy) is 1. The first-order chi connectivity index (χ1) is 7.75. The number of piperidine rings is 1. The Morgan fingerprint density at radius 3 is 3.00 bits per heavy atom. The lowest BCUT2D eigenvalue weighted by Crippen LogP contribution is -2.33. The lowest BCUT2D eigenvalue weighted by atomic mass is 10.0. The fourth-order valence-corrected chi connectivity index (χ4v) is 2.14. The molecule has 1 aliphatic heterocycles. The van der Waals surface area contributed by atoms with Gasteiger partial charge in [-0.1, -0.05) is 12.1 Å². The van der Waals surface area contributed by atoms with Gasteiger partial charge in [0.05, 0.1) is 6.61 Å². The summed E-state index contributed by atoms with van der Waals surface area (Å²) in [6, 6.07) is 6.39. The summed E-state index contributed by atoms with van der Waals surface area (Å²) in [7, 11) is 0. The van der Waals surface area contributed by atoms with Gasteiger partial charge in [0.25, 0.3) is 0 Å². The third-order valence-corrected chi connectivity index (χ3v) is 3.22. The molecular weight excluding hydrogens is 198 g/mol. The highest BCUT2D eigenvalue weighted by atomic mass is 16.5. The molecule has 1 heterocycles. The minimum Gasteiger partial charge on any atom is -0.493 e. The summed E-state index contributed by atoms with van der Waals surface area (Å²) in [5.41, 5.74) is 2.50. The molecule has 0 saturated carbocycles. The Hall–Kier alpha value is -1.02. The topological polar surface area (TPSA) is 21.3 Å². The molecule has 0 amide bonds. The molecule has 88 valence electrons. The Bertz CT molecular complexity index is 343. The van der Waals surface area contributed by atoms with E-state index < -0.39 is 0 Å². The van der Waals surface area contributed by atoms with Crippen LogP contribution in [0.1, 0.15) is 24.0 Å². The number of hydrogen-bond donors (Lipinski definition) is 1. The van der Waals surface area contributed by atoms with E-state index in [2.05, 4.69) is 37.4 Å². The van der Waals surface area contributed by atoms with E-state index in [1.165, 1.54) is 30.5 Å². The van der Waals surface area contributed by atoms with Gasteiger partial charge in [-0.15, -0.1) is 0 Å². The molecule has 16 heavy (non-hydrogen) atoms. The Morgan fingerprint density at radius 1 is 1.38 bits per heavy atom. The van der Waals surface area contributed by atoms with E-state index in [1.807, 2.05) is 0 Å². The third kappa shape index (κ3) is 2.99. The van der Waals surface area contributed by atoms with Gasteiger partial charge in [-0.05, 0) is 50.4 Å². The summed E-state index contributed by atoms with van der Waals surface area (Å²) < 4.78 is 5.92. The van der Waals surface area contributed by atoms with Crippen molar-refractivity contribution in [1.82, 2.24) is 5.32 Å². The predicted octanol–water partition coefficient (Wildman–Crippen LogP) is 2.68. The number of rotatable bonds is 3. The van der Waals surface area contributed by atoms with Crippen LogP contribution < -0.4 is 10.1 Å². The van der Waals surface area contributed by atoms with Gasteiger partial charge in [0.2, 0.25) is 0 Å². The zero-order chi connectivity index (χ0) is 11.4. The van der Waals surface area contributed by atoms with Crippen LogP contribution in [-0.4, -0.2) is 19.7 Å². The van der Waals surface area contributed by atoms with E-state index in [0.717, 1.165) is 18.9 Å². The van der Waals surface area contributed by atoms with E-state index in [1.54, 1.807) is 0 Å². The molecule has 1 aromatic carbocycles. The van der Waals surface area contributed by atoms with Crippen LogP contribution in [0.3, 0.4) is 0 Å². The van der Waals surface area contributed by atoms with Crippen LogP contribution >= 0.6 is 0 Å². The van der Waals surface area contributed by atoms with Crippen molar-refractivity contribution < 1.29 is 4.74 Å². The van der Waals surface area contributed by atoms with Gasteiger partial charge in [-0.3, -0.25) is 0 Å². The first-order valence-corrected chi connectivity index (χ1v) is 6.16. The third-order valence-electron chi connectivity index (χ3n) is 3.22. The van der Waals surface area contributed by atoms with E-state index in [4.69, 9.17) is 4.74 Å². The summed E-state index contributed by atoms with van der Waals surface area (Å²) in [6.07, 6.45) is 2.57. The van der Waals surface area contributed by atoms with Gasteiger partial charge in [0, 0.05) is 12.5 Å². The Kier molecular flexibility index (Phi) is 3.83. The Balaban J connectivity index is 1.90. The van der Waals surface area contributed by atoms with Crippen LogP contribution in [0.4, 0.5) is 0 Å². The molecule has 2 rings (SSSR count). The molecule has 1 unspecified atom stereocenters. The molecule has 1 N–H and O–H groups in total. The maximum atomic E-state index is 5.92. The predicted molar refractivity (Wildman–Crippen MR) is 67.0 cm³/mol. The molecule has 0 aromatic heterocycles. The summed E-state index contributed by atoms with van der Waals surface area (Å²) in [6.45, 7) is 7.32. The molecule has 1 aromatic rings. The average Bonchev–Trinajstić information content (AvgIpc) is 2.32. The first-order valence-electron chi connectivity index (χ1n) is 6.16. The van der Waals surface area contributed by atoms with Crippen molar-refractivity contribution in [3.63, 3.8) is 0 Å². The second-order valence-corrected chi connectivity index (χ2v) is 4.79. The van der Waals surface area contributed by atoms with Crippen molar-refractivity contribution in [2.24, 2.45) is 5.92 Å². The van der Waals surface area contributed by atoms with Crippen LogP contribution in [0.2, 0.25) is 0 Å². The molecule has 1 aliphatic rings. The van der Waals surface area contributed by atoms with Gasteiger partial charge in [-0.25, -0.2) is 0 Å². The average molecular weight is 219 g/mol. The van der Waals surface area contributed by atoms with Crippen LogP contribution in [0, 0.1) is 19.8 Å². The lowest BCUT2D eigenvalue weighted by molar-refractivity contribution is 0.217. The standard InChI is InChI=1S/C14H21NO/c1-11-5-6-12(2)14(8-11)16-10-13-4-3-7-15-9-13/h5-6,8,13,15H,3-4,7,9-10H2,1-2H3. The second kappa shape index (κ2) is 5.35. The molecule has 1 saturated heterocycles. The number of benzene rings is 1. The van der Waals surface area contributed by atoms with Gasteiger partial charge < -0.3 is 10.1 Å². The highest BCUT2D eigenvalue weighted by Crippen LogP contribution is 2.20. The van der Waals surface area contributed by atoms with E-state index in [9.17, 15) is 0 Å². The number of hydrogen-bond acceptors (Lipinski definition) is 2. The van der Waals surface area contributed by atoms with E-state index in [-0.39, 0.29) is 0 Å². The highest BCUT2D eigenvalue weighted by Gasteiger charge is 2.13. The first kappa shape index (κ1) is 11.5. The van der Waals surface area contributed by atoms with Crippen LogP contribution in [0.5, 0.6) is 5.75 Å². The largest absolute Gasteiger partial charge is 0.493 e. The fourth-order valence-electron chi connectivity index (χ4n) is 2.14. The van der Waals surface area contributed by atoms with Crippen molar-refractivity contribution in [3.05, 3.63) is 29.3 Å². The molecule has 0 aliphatic carbocycles. The fraction of sp³-hybridized carbons (Fsp3) is 0.571. The van der Waals surface area contributed by atoms with E-state index >= 15 is 0 Å². The quantitative estimate of drug-likeness (QED) is 0.844. The zero-order valence-electron chi connectivity index (χ0n) is 10.3. The van der Waals surface area contributed by atoms with Crippen LogP contribution in [-0.2, 0) is 0 Å². The summed E-state index contributed by atoms with van der Waals surface area (Å²) in [4.78, 5) is 0. The van der Waals surface area contributed by atoms with Gasteiger partial charge in [0.15, 0.2) is 0 Å². The van der Waals surface area contributed by atoms with Crippen molar-refractivity contribution >= 4 is 0 Å². The summed E-state index contributed by atoms with van der Waals surface area (Å²) in [5, 5.41) is 3.42. The Morgan fingerprint density at radius 2 is 2.25 bits per heavy atom. The van der Waals surface area contributed by atoms with Gasteiger partial charge in [-0.2, -0.15) is 0 Å². The van der Waals surface area contributed by atoms with Gasteiger partial charge >= 0.3 is 0 Å². The Labute approximate surface area is 98.0 Å². The maximum Gasteiger partial charge on any atom is 0.122 e. The molecule has 2 heteroatoms. The van der Waals surface area contributed by atoms with Crippen LogP contribution in [0.25, 0.3) is 0 Å². The molecule has 1 fully saturated rings. The lowest BCUT2D eigenvalue weighted by Gasteiger charge is -2.23. The smallest absolute Gasteiger partial charge is 0.122 e. The number of nitrogens with one attached hydrogen (secondary N) is 1. The molecule has 0 radical (unpaired) electrons. The maximum absolute atomic E-state index is 5.92.